The van der Waals surface area contributed by atoms with Crippen LogP contribution in [-0.4, -0.2) is 6.17 Å². The Bertz CT molecular complexity index is 1140. The highest BCUT2D eigenvalue weighted by Gasteiger charge is 2.47. The van der Waals surface area contributed by atoms with Gasteiger partial charge in [0, 0.05) is 11.1 Å². The maximum absolute atomic E-state index is 17.0. The molecule has 0 heterocycles. The Kier molecular flexibility index (Phi) is 7.77. The van der Waals surface area contributed by atoms with Crippen LogP contribution in [-0.2, 0) is 18.5 Å². The molecule has 34 heavy (non-hydrogen) atoms. The fraction of sp³-hybridized carbons (Fsp3) is 0.312. The summed E-state index contributed by atoms with van der Waals surface area (Å²) in [6.07, 6.45) is 9.53. The zero-order valence-electron chi connectivity index (χ0n) is 20.2. The lowest BCUT2D eigenvalue weighted by molar-refractivity contribution is 0.136. The molecule has 3 aromatic rings. The summed E-state index contributed by atoms with van der Waals surface area (Å²) in [5, 5.41) is 0. The first-order chi connectivity index (χ1) is 16.6. The Balaban J connectivity index is 1.72. The van der Waals surface area contributed by atoms with E-state index in [0.29, 0.717) is 11.1 Å². The number of rotatable bonds is 9. The van der Waals surface area contributed by atoms with E-state index in [-0.39, 0.29) is 0 Å². The van der Waals surface area contributed by atoms with Gasteiger partial charge in [0.25, 0.3) is 0 Å². The van der Waals surface area contributed by atoms with E-state index >= 15 is 8.78 Å². The molecule has 0 aromatic heterocycles. The summed E-state index contributed by atoms with van der Waals surface area (Å²) in [6, 6.07) is 23.5. The zero-order valence-corrected chi connectivity index (χ0v) is 20.2. The van der Waals surface area contributed by atoms with E-state index in [2.05, 4.69) is 38.1 Å². The first kappa shape index (κ1) is 24.1. The zero-order chi connectivity index (χ0) is 24.0. The average molecular weight is 457 g/mol. The lowest BCUT2D eigenvalue weighted by atomic mass is 9.75. The lowest BCUT2D eigenvalue weighted by Gasteiger charge is -2.34. The van der Waals surface area contributed by atoms with Crippen LogP contribution in [0.1, 0.15) is 61.8 Å². The van der Waals surface area contributed by atoms with Crippen molar-refractivity contribution in [2.24, 2.45) is 0 Å². The minimum atomic E-state index is -2.27. The maximum atomic E-state index is 17.0. The summed E-state index contributed by atoms with van der Waals surface area (Å²) in [7, 11) is 0. The van der Waals surface area contributed by atoms with Crippen LogP contribution in [0.3, 0.4) is 0 Å². The minimum Gasteiger partial charge on any atom is -0.239 e. The summed E-state index contributed by atoms with van der Waals surface area (Å²) < 4.78 is 32.5. The van der Waals surface area contributed by atoms with Crippen LogP contribution in [0.4, 0.5) is 8.78 Å². The van der Waals surface area contributed by atoms with Gasteiger partial charge in [-0.3, -0.25) is 0 Å². The molecular weight excluding hydrogens is 422 g/mol. The van der Waals surface area contributed by atoms with Gasteiger partial charge in [-0.25, -0.2) is 8.78 Å². The molecule has 176 valence electrons. The summed E-state index contributed by atoms with van der Waals surface area (Å²) in [6.45, 7) is 4.34. The van der Waals surface area contributed by atoms with E-state index in [1.807, 2.05) is 36.4 Å². The van der Waals surface area contributed by atoms with Gasteiger partial charge in [0.2, 0.25) is 0 Å². The predicted molar refractivity (Wildman–Crippen MR) is 140 cm³/mol. The second-order valence-corrected chi connectivity index (χ2v) is 9.23. The highest BCUT2D eigenvalue weighted by molar-refractivity contribution is 5.82. The number of hydrogen-bond donors (Lipinski definition) is 0. The number of halogens is 2. The molecule has 0 amide bonds. The SMILES string of the molecule is CCCCCc1ccc(C2=CC=CC(F)C2(F)c2ccccc2-c2ccc(CCC)cc2)cc1. The molecule has 3 aromatic carbocycles. The summed E-state index contributed by atoms with van der Waals surface area (Å²) in [4.78, 5) is 0. The van der Waals surface area contributed by atoms with Gasteiger partial charge in [0.05, 0.1) is 0 Å². The highest BCUT2D eigenvalue weighted by atomic mass is 19.2. The number of allylic oxidation sites excluding steroid dienone is 4. The monoisotopic (exact) mass is 456 g/mol. The normalized spacial score (nSPS) is 19.8. The van der Waals surface area contributed by atoms with Crippen LogP contribution in [0.15, 0.2) is 91.0 Å². The van der Waals surface area contributed by atoms with Crippen molar-refractivity contribution < 1.29 is 8.78 Å². The Morgan fingerprint density at radius 1 is 0.735 bits per heavy atom. The Morgan fingerprint density at radius 2 is 1.38 bits per heavy atom. The summed E-state index contributed by atoms with van der Waals surface area (Å²) in [5.41, 5.74) is 3.32. The molecule has 2 heteroatoms. The van der Waals surface area contributed by atoms with Crippen LogP contribution >= 0.6 is 0 Å². The Hall–Kier alpha value is -3.00. The van der Waals surface area contributed by atoms with Crippen molar-refractivity contribution in [1.82, 2.24) is 0 Å². The highest BCUT2D eigenvalue weighted by Crippen LogP contribution is 2.49. The van der Waals surface area contributed by atoms with Crippen LogP contribution in [0.25, 0.3) is 16.7 Å². The third-order valence-electron chi connectivity index (χ3n) is 6.77. The Labute approximate surface area is 203 Å². The quantitative estimate of drug-likeness (QED) is 0.282. The third-order valence-corrected chi connectivity index (χ3v) is 6.77. The molecule has 0 radical (unpaired) electrons. The fourth-order valence-electron chi connectivity index (χ4n) is 4.87. The second-order valence-electron chi connectivity index (χ2n) is 9.23. The van der Waals surface area contributed by atoms with E-state index < -0.39 is 11.8 Å². The van der Waals surface area contributed by atoms with Crippen LogP contribution < -0.4 is 0 Å². The molecule has 2 atom stereocenters. The topological polar surface area (TPSA) is 0 Å². The number of aryl methyl sites for hydroxylation is 2. The third kappa shape index (κ3) is 4.92. The molecule has 1 aliphatic carbocycles. The van der Waals surface area contributed by atoms with Gasteiger partial charge in [0.15, 0.2) is 11.8 Å². The molecule has 0 bridgehead atoms. The van der Waals surface area contributed by atoms with Gasteiger partial charge < -0.3 is 0 Å². The van der Waals surface area contributed by atoms with E-state index in [1.165, 1.54) is 30.0 Å². The lowest BCUT2D eigenvalue weighted by Crippen LogP contribution is -2.34. The molecular formula is C32H34F2. The van der Waals surface area contributed by atoms with Gasteiger partial charge in [-0.15, -0.1) is 0 Å². The molecule has 2 unspecified atom stereocenters. The van der Waals surface area contributed by atoms with Gasteiger partial charge in [-0.05, 0) is 53.2 Å². The predicted octanol–water partition coefficient (Wildman–Crippen LogP) is 9.20. The van der Waals surface area contributed by atoms with Crippen molar-refractivity contribution in [3.8, 4) is 11.1 Å². The molecule has 0 nitrogen and oxygen atoms in total. The van der Waals surface area contributed by atoms with E-state index in [0.717, 1.165) is 42.4 Å². The van der Waals surface area contributed by atoms with Crippen molar-refractivity contribution >= 4 is 5.57 Å². The first-order valence-corrected chi connectivity index (χ1v) is 12.6. The largest absolute Gasteiger partial charge is 0.239 e. The van der Waals surface area contributed by atoms with Gasteiger partial charge in [-0.2, -0.15) is 0 Å². The molecule has 0 saturated heterocycles. The number of hydrogen-bond acceptors (Lipinski definition) is 0. The number of benzene rings is 3. The minimum absolute atomic E-state index is 0.369. The van der Waals surface area contributed by atoms with Crippen molar-refractivity contribution in [2.45, 2.75) is 64.2 Å². The van der Waals surface area contributed by atoms with Crippen molar-refractivity contribution in [3.05, 3.63) is 113 Å². The van der Waals surface area contributed by atoms with Gasteiger partial charge in [-0.1, -0.05) is 118 Å². The fourth-order valence-corrected chi connectivity index (χ4v) is 4.87. The molecule has 0 fully saturated rings. The van der Waals surface area contributed by atoms with E-state index in [9.17, 15) is 0 Å². The van der Waals surface area contributed by atoms with Crippen molar-refractivity contribution in [3.63, 3.8) is 0 Å². The average Bonchev–Trinajstić information content (AvgIpc) is 2.87. The number of alkyl halides is 2. The van der Waals surface area contributed by atoms with Gasteiger partial charge >= 0.3 is 0 Å². The maximum Gasteiger partial charge on any atom is 0.196 e. The molecule has 1 aliphatic rings. The van der Waals surface area contributed by atoms with Crippen LogP contribution in [0, 0.1) is 0 Å². The summed E-state index contributed by atoms with van der Waals surface area (Å²) >= 11 is 0. The first-order valence-electron chi connectivity index (χ1n) is 12.6. The molecule has 0 aliphatic heterocycles. The molecule has 0 saturated carbocycles. The van der Waals surface area contributed by atoms with Crippen molar-refractivity contribution in [1.29, 1.82) is 0 Å². The molecule has 0 spiro atoms. The van der Waals surface area contributed by atoms with Crippen molar-refractivity contribution in [2.75, 3.05) is 0 Å². The Morgan fingerprint density at radius 3 is 2.06 bits per heavy atom. The van der Waals surface area contributed by atoms with E-state index in [4.69, 9.17) is 0 Å². The summed E-state index contributed by atoms with van der Waals surface area (Å²) in [5.74, 6) is 0. The second kappa shape index (κ2) is 11.0. The van der Waals surface area contributed by atoms with Crippen LogP contribution in [0.5, 0.6) is 0 Å². The molecule has 0 N–H and O–H groups in total. The standard InChI is InChI=1S/C32H34F2/c1-3-5-6-11-25-18-22-27(23-19-25)29-14-9-15-31(33)32(29,34)30-13-8-7-12-28(30)26-20-16-24(10-4-2)17-21-26/h7-9,12-23,31H,3-6,10-11H2,1-2H3. The van der Waals surface area contributed by atoms with Gasteiger partial charge in [0.1, 0.15) is 0 Å². The molecule has 4 rings (SSSR count). The van der Waals surface area contributed by atoms with Crippen LogP contribution in [0.2, 0.25) is 0 Å². The van der Waals surface area contributed by atoms with E-state index in [1.54, 1.807) is 24.3 Å². The smallest absolute Gasteiger partial charge is 0.196 e. The number of unbranched alkanes of at least 4 members (excludes halogenated alkanes) is 2.